The third-order valence-corrected chi connectivity index (χ3v) is 3.05. The first-order valence-corrected chi connectivity index (χ1v) is 6.03. The van der Waals surface area contributed by atoms with E-state index in [9.17, 15) is 5.11 Å². The molecule has 1 aliphatic heterocycles. The molecular weight excluding hydrogens is 266 g/mol. The summed E-state index contributed by atoms with van der Waals surface area (Å²) in [5, 5.41) is 16.0. The van der Waals surface area contributed by atoms with E-state index in [1.807, 2.05) is 6.07 Å². The molecule has 1 heterocycles. The van der Waals surface area contributed by atoms with Crippen molar-refractivity contribution in [2.24, 2.45) is 5.10 Å². The van der Waals surface area contributed by atoms with Crippen LogP contribution in [0.3, 0.4) is 0 Å². The second-order valence-electron chi connectivity index (χ2n) is 4.43. The minimum absolute atomic E-state index is 0. The third-order valence-electron chi connectivity index (χ3n) is 3.05. The van der Waals surface area contributed by atoms with Gasteiger partial charge in [-0.1, -0.05) is 0 Å². The van der Waals surface area contributed by atoms with E-state index in [2.05, 4.69) is 22.1 Å². The fraction of sp³-hybridized carbons (Fsp3) is 0.462. The molecule has 1 fully saturated rings. The van der Waals surface area contributed by atoms with Gasteiger partial charge in [0.1, 0.15) is 0 Å². The van der Waals surface area contributed by atoms with Gasteiger partial charge in [0.15, 0.2) is 11.5 Å². The minimum atomic E-state index is 0. The van der Waals surface area contributed by atoms with Crippen LogP contribution in [0.1, 0.15) is 5.56 Å². The minimum Gasteiger partial charge on any atom is -0.504 e. The molecule has 5 nitrogen and oxygen atoms in total. The van der Waals surface area contributed by atoms with Crippen molar-refractivity contribution >= 4 is 18.6 Å². The second kappa shape index (κ2) is 7.21. The Bertz CT molecular complexity index is 432. The highest BCUT2D eigenvalue weighted by molar-refractivity contribution is 5.85. The number of piperazine rings is 1. The van der Waals surface area contributed by atoms with Crippen molar-refractivity contribution in [2.45, 2.75) is 0 Å². The van der Waals surface area contributed by atoms with Crippen LogP contribution in [-0.4, -0.2) is 61.6 Å². The summed E-state index contributed by atoms with van der Waals surface area (Å²) in [5.74, 6) is 0.617. The lowest BCUT2D eigenvalue weighted by molar-refractivity contribution is 0.159. The molecule has 6 heteroatoms. The Hall–Kier alpha value is -1.46. The average molecular weight is 286 g/mol. The van der Waals surface area contributed by atoms with Crippen LogP contribution >= 0.6 is 12.4 Å². The van der Waals surface area contributed by atoms with Gasteiger partial charge in [-0.25, -0.2) is 0 Å². The normalized spacial score (nSPS) is 16.4. The monoisotopic (exact) mass is 285 g/mol. The summed E-state index contributed by atoms with van der Waals surface area (Å²) >= 11 is 0. The fourth-order valence-electron chi connectivity index (χ4n) is 1.83. The van der Waals surface area contributed by atoms with Gasteiger partial charge in [-0.2, -0.15) is 5.10 Å². The van der Waals surface area contributed by atoms with E-state index < -0.39 is 0 Å². The molecule has 0 amide bonds. The summed E-state index contributed by atoms with van der Waals surface area (Å²) < 4.78 is 5.06. The van der Waals surface area contributed by atoms with E-state index in [0.29, 0.717) is 5.75 Å². The number of nitrogens with zero attached hydrogens (tertiary/aromatic N) is 3. The molecule has 0 unspecified atom stereocenters. The summed E-state index contributed by atoms with van der Waals surface area (Å²) in [7, 11) is 3.66. The molecule has 2 rings (SSSR count). The number of aromatic hydroxyl groups is 1. The molecule has 1 saturated heterocycles. The molecule has 0 aromatic heterocycles. The van der Waals surface area contributed by atoms with Gasteiger partial charge < -0.3 is 14.7 Å². The van der Waals surface area contributed by atoms with Gasteiger partial charge in [-0.3, -0.25) is 5.01 Å². The summed E-state index contributed by atoms with van der Waals surface area (Å²) in [5.41, 5.74) is 0.920. The maximum Gasteiger partial charge on any atom is 0.161 e. The number of hydrogen-bond acceptors (Lipinski definition) is 5. The standard InChI is InChI=1S/C13H19N3O2.ClH/c1-15-5-7-16(8-6-15)14-10-11-3-4-12(17)13(9-11)18-2;/h3-4,9-10,17H,5-8H2,1-2H3;1H/b14-10+;. The van der Waals surface area contributed by atoms with Gasteiger partial charge in [0.25, 0.3) is 0 Å². The molecule has 0 aliphatic carbocycles. The van der Waals surface area contributed by atoms with Crippen molar-refractivity contribution in [1.29, 1.82) is 0 Å². The maximum absolute atomic E-state index is 9.50. The predicted molar refractivity (Wildman–Crippen MR) is 78.6 cm³/mol. The van der Waals surface area contributed by atoms with Crippen LogP contribution in [-0.2, 0) is 0 Å². The molecule has 1 N–H and O–H groups in total. The first-order chi connectivity index (χ1) is 8.69. The molecule has 0 atom stereocenters. The Morgan fingerprint density at radius 2 is 1.95 bits per heavy atom. The summed E-state index contributed by atoms with van der Waals surface area (Å²) in [6.45, 7) is 3.97. The smallest absolute Gasteiger partial charge is 0.161 e. The Kier molecular flexibility index (Phi) is 5.92. The summed E-state index contributed by atoms with van der Waals surface area (Å²) in [4.78, 5) is 2.29. The molecule has 0 bridgehead atoms. The van der Waals surface area contributed by atoms with Crippen molar-refractivity contribution in [3.05, 3.63) is 23.8 Å². The van der Waals surface area contributed by atoms with Crippen LogP contribution in [0, 0.1) is 0 Å². The lowest BCUT2D eigenvalue weighted by Crippen LogP contribution is -2.41. The number of halogens is 1. The molecule has 0 spiro atoms. The van der Waals surface area contributed by atoms with Gasteiger partial charge >= 0.3 is 0 Å². The lowest BCUT2D eigenvalue weighted by atomic mass is 10.2. The van der Waals surface area contributed by atoms with Crippen molar-refractivity contribution in [2.75, 3.05) is 40.3 Å². The number of phenols is 1. The number of benzene rings is 1. The Morgan fingerprint density at radius 3 is 2.58 bits per heavy atom. The third kappa shape index (κ3) is 4.29. The summed E-state index contributed by atoms with van der Waals surface area (Å²) in [6.07, 6.45) is 1.80. The molecule has 1 aromatic carbocycles. The topological polar surface area (TPSA) is 48.3 Å². The van der Waals surface area contributed by atoms with E-state index in [4.69, 9.17) is 4.74 Å². The molecule has 0 saturated carbocycles. The second-order valence-corrected chi connectivity index (χ2v) is 4.43. The molecule has 106 valence electrons. The van der Waals surface area contributed by atoms with Crippen molar-refractivity contribution in [3.63, 3.8) is 0 Å². The van der Waals surface area contributed by atoms with Crippen LogP contribution in [0.2, 0.25) is 0 Å². The van der Waals surface area contributed by atoms with Crippen LogP contribution in [0.15, 0.2) is 23.3 Å². The number of methoxy groups -OCH3 is 1. The molecule has 1 aromatic rings. The Morgan fingerprint density at radius 1 is 1.26 bits per heavy atom. The quantitative estimate of drug-likeness (QED) is 0.853. The van der Waals surface area contributed by atoms with Crippen LogP contribution in [0.4, 0.5) is 0 Å². The van der Waals surface area contributed by atoms with Crippen LogP contribution in [0.5, 0.6) is 11.5 Å². The largest absolute Gasteiger partial charge is 0.504 e. The SMILES string of the molecule is COc1cc(/C=N/N2CCN(C)CC2)ccc1O.Cl. The van der Waals surface area contributed by atoms with Gasteiger partial charge in [0.2, 0.25) is 0 Å². The zero-order valence-corrected chi connectivity index (χ0v) is 12.1. The predicted octanol–water partition coefficient (Wildman–Crippen LogP) is 1.40. The highest BCUT2D eigenvalue weighted by Gasteiger charge is 2.10. The number of hydrazone groups is 1. The van der Waals surface area contributed by atoms with Crippen LogP contribution in [0.25, 0.3) is 0 Å². The van der Waals surface area contributed by atoms with Gasteiger partial charge in [-0.05, 0) is 30.8 Å². The number of phenolic OH excluding ortho intramolecular Hbond substituents is 1. The first kappa shape index (κ1) is 15.6. The molecule has 1 aliphatic rings. The van der Waals surface area contributed by atoms with E-state index in [1.165, 1.54) is 7.11 Å². The maximum atomic E-state index is 9.50. The summed E-state index contributed by atoms with van der Waals surface area (Å²) in [6, 6.07) is 5.20. The Balaban J connectivity index is 0.00000180. The molecule has 19 heavy (non-hydrogen) atoms. The zero-order chi connectivity index (χ0) is 13.0. The van der Waals surface area contributed by atoms with Gasteiger partial charge in [0, 0.05) is 26.2 Å². The van der Waals surface area contributed by atoms with Gasteiger partial charge in [-0.15, -0.1) is 12.4 Å². The highest BCUT2D eigenvalue weighted by atomic mass is 35.5. The average Bonchev–Trinajstić information content (AvgIpc) is 2.39. The van der Waals surface area contributed by atoms with E-state index >= 15 is 0 Å². The van der Waals surface area contributed by atoms with Crippen LogP contribution < -0.4 is 4.74 Å². The zero-order valence-electron chi connectivity index (χ0n) is 11.2. The number of ether oxygens (including phenoxy) is 1. The number of hydrogen-bond donors (Lipinski definition) is 1. The molecular formula is C13H20ClN3O2. The fourth-order valence-corrected chi connectivity index (χ4v) is 1.83. The van der Waals surface area contributed by atoms with Crippen molar-refractivity contribution in [1.82, 2.24) is 9.91 Å². The molecule has 0 radical (unpaired) electrons. The van der Waals surface area contributed by atoms with E-state index in [-0.39, 0.29) is 18.2 Å². The van der Waals surface area contributed by atoms with Crippen molar-refractivity contribution in [3.8, 4) is 11.5 Å². The van der Waals surface area contributed by atoms with Crippen molar-refractivity contribution < 1.29 is 9.84 Å². The lowest BCUT2D eigenvalue weighted by Gasteiger charge is -2.30. The number of rotatable bonds is 3. The Labute approximate surface area is 119 Å². The van der Waals surface area contributed by atoms with E-state index in [0.717, 1.165) is 31.7 Å². The number of likely N-dealkylation sites (N-methyl/N-ethyl adjacent to an activating group) is 1. The van der Waals surface area contributed by atoms with Gasteiger partial charge in [0.05, 0.1) is 13.3 Å². The first-order valence-electron chi connectivity index (χ1n) is 6.03. The highest BCUT2D eigenvalue weighted by Crippen LogP contribution is 2.25. The van der Waals surface area contributed by atoms with E-state index in [1.54, 1.807) is 18.3 Å².